The van der Waals surface area contributed by atoms with Gasteiger partial charge in [0.2, 0.25) is 15.9 Å². The molecule has 0 spiro atoms. The van der Waals surface area contributed by atoms with Gasteiger partial charge in [0, 0.05) is 0 Å². The first-order valence-corrected chi connectivity index (χ1v) is 8.75. The third-order valence-electron chi connectivity index (χ3n) is 3.19. The maximum Gasteiger partial charge on any atom is 0.241 e. The van der Waals surface area contributed by atoms with Gasteiger partial charge in [0.15, 0.2) is 0 Å². The highest BCUT2D eigenvalue weighted by molar-refractivity contribution is 7.92. The topological polar surface area (TPSA) is 89.7 Å². The highest BCUT2D eigenvalue weighted by atomic mass is 32.2. The SMILES string of the molecule is CC(C(N)=O)N(c1ccc(Oc2ccccc2)cc1)S(C)(=O)=O. The first-order valence-electron chi connectivity index (χ1n) is 6.91. The van der Waals surface area contributed by atoms with Crippen molar-refractivity contribution in [3.05, 3.63) is 54.6 Å². The lowest BCUT2D eigenvalue weighted by molar-refractivity contribution is -0.118. The van der Waals surface area contributed by atoms with E-state index < -0.39 is 22.0 Å². The minimum atomic E-state index is -3.64. The molecule has 0 fully saturated rings. The van der Waals surface area contributed by atoms with Crippen LogP contribution in [-0.2, 0) is 14.8 Å². The van der Waals surface area contributed by atoms with Crippen molar-refractivity contribution in [1.82, 2.24) is 0 Å². The Morgan fingerprint density at radius 2 is 1.57 bits per heavy atom. The zero-order chi connectivity index (χ0) is 17.0. The third kappa shape index (κ3) is 4.23. The van der Waals surface area contributed by atoms with Crippen molar-refractivity contribution < 1.29 is 17.9 Å². The summed E-state index contributed by atoms with van der Waals surface area (Å²) in [4.78, 5) is 11.4. The van der Waals surface area contributed by atoms with Gasteiger partial charge in [0.25, 0.3) is 0 Å². The molecule has 1 amide bonds. The molecule has 0 heterocycles. The number of anilines is 1. The van der Waals surface area contributed by atoms with Crippen LogP contribution < -0.4 is 14.8 Å². The largest absolute Gasteiger partial charge is 0.457 e. The highest BCUT2D eigenvalue weighted by Crippen LogP contribution is 2.26. The zero-order valence-electron chi connectivity index (χ0n) is 12.8. The number of primary amides is 1. The molecule has 7 heteroatoms. The number of rotatable bonds is 6. The van der Waals surface area contributed by atoms with Gasteiger partial charge in [-0.25, -0.2) is 8.42 Å². The molecule has 0 saturated heterocycles. The first-order chi connectivity index (χ1) is 10.8. The van der Waals surface area contributed by atoms with E-state index in [4.69, 9.17) is 10.5 Å². The van der Waals surface area contributed by atoms with E-state index in [2.05, 4.69) is 0 Å². The van der Waals surface area contributed by atoms with Crippen LogP contribution in [0.2, 0.25) is 0 Å². The molecule has 2 aromatic rings. The number of para-hydroxylation sites is 1. The van der Waals surface area contributed by atoms with Crippen molar-refractivity contribution in [2.75, 3.05) is 10.6 Å². The summed E-state index contributed by atoms with van der Waals surface area (Å²) in [5.41, 5.74) is 5.58. The molecule has 2 rings (SSSR count). The Morgan fingerprint density at radius 1 is 1.04 bits per heavy atom. The van der Waals surface area contributed by atoms with Gasteiger partial charge in [-0.1, -0.05) is 18.2 Å². The Balaban J connectivity index is 2.27. The number of benzene rings is 2. The molecule has 2 aromatic carbocycles. The van der Waals surface area contributed by atoms with E-state index in [0.717, 1.165) is 10.6 Å². The summed E-state index contributed by atoms with van der Waals surface area (Å²) in [6, 6.07) is 14.6. The maximum absolute atomic E-state index is 11.9. The van der Waals surface area contributed by atoms with Crippen LogP contribution in [0.3, 0.4) is 0 Å². The van der Waals surface area contributed by atoms with Gasteiger partial charge in [-0.05, 0) is 43.3 Å². The Labute approximate surface area is 135 Å². The zero-order valence-corrected chi connectivity index (χ0v) is 13.7. The predicted molar refractivity (Wildman–Crippen MR) is 88.9 cm³/mol. The minimum absolute atomic E-state index is 0.346. The van der Waals surface area contributed by atoms with Crippen LogP contribution in [-0.4, -0.2) is 26.6 Å². The normalized spacial score (nSPS) is 12.4. The monoisotopic (exact) mass is 334 g/mol. The Bertz CT molecular complexity index is 773. The fourth-order valence-electron chi connectivity index (χ4n) is 2.10. The molecule has 0 bridgehead atoms. The van der Waals surface area contributed by atoms with Gasteiger partial charge in [-0.15, -0.1) is 0 Å². The van der Waals surface area contributed by atoms with E-state index in [1.165, 1.54) is 6.92 Å². The second-order valence-electron chi connectivity index (χ2n) is 5.05. The molecule has 2 N–H and O–H groups in total. The van der Waals surface area contributed by atoms with Gasteiger partial charge in [-0.2, -0.15) is 0 Å². The molecule has 0 aliphatic carbocycles. The Kier molecular flexibility index (Phi) is 4.90. The highest BCUT2D eigenvalue weighted by Gasteiger charge is 2.27. The van der Waals surface area contributed by atoms with Crippen LogP contribution >= 0.6 is 0 Å². The van der Waals surface area contributed by atoms with E-state index in [1.54, 1.807) is 24.3 Å². The summed E-state index contributed by atoms with van der Waals surface area (Å²) in [5.74, 6) is 0.505. The average molecular weight is 334 g/mol. The van der Waals surface area contributed by atoms with Crippen LogP contribution in [0, 0.1) is 0 Å². The van der Waals surface area contributed by atoms with Crippen LogP contribution in [0.25, 0.3) is 0 Å². The minimum Gasteiger partial charge on any atom is -0.457 e. The van der Waals surface area contributed by atoms with Gasteiger partial charge in [0.1, 0.15) is 17.5 Å². The second-order valence-corrected chi connectivity index (χ2v) is 6.91. The Hall–Kier alpha value is -2.54. The number of hydrogen-bond donors (Lipinski definition) is 1. The van der Waals surface area contributed by atoms with Crippen molar-refractivity contribution in [1.29, 1.82) is 0 Å². The predicted octanol–water partition coefficient (Wildman–Crippen LogP) is 2.12. The molecule has 0 aromatic heterocycles. The maximum atomic E-state index is 11.9. The van der Waals surface area contributed by atoms with Gasteiger partial charge >= 0.3 is 0 Å². The number of sulfonamides is 1. The lowest BCUT2D eigenvalue weighted by Gasteiger charge is -2.26. The molecule has 1 unspecified atom stereocenters. The number of nitrogens with zero attached hydrogens (tertiary/aromatic N) is 1. The summed E-state index contributed by atoms with van der Waals surface area (Å²) in [5, 5.41) is 0. The molecule has 23 heavy (non-hydrogen) atoms. The van der Waals surface area contributed by atoms with Crippen LogP contribution in [0.4, 0.5) is 5.69 Å². The number of ether oxygens (including phenoxy) is 1. The van der Waals surface area contributed by atoms with E-state index in [0.29, 0.717) is 17.2 Å². The average Bonchev–Trinajstić information content (AvgIpc) is 2.49. The van der Waals surface area contributed by atoms with Crippen molar-refractivity contribution >= 4 is 21.6 Å². The summed E-state index contributed by atoms with van der Waals surface area (Å²) in [7, 11) is -3.64. The van der Waals surface area contributed by atoms with E-state index in [1.807, 2.05) is 30.3 Å². The molecule has 0 saturated carbocycles. The first kappa shape index (κ1) is 16.8. The quantitative estimate of drug-likeness (QED) is 0.876. The fraction of sp³-hybridized carbons (Fsp3) is 0.188. The van der Waals surface area contributed by atoms with Crippen molar-refractivity contribution in [3.8, 4) is 11.5 Å². The van der Waals surface area contributed by atoms with Crippen LogP contribution in [0.15, 0.2) is 54.6 Å². The van der Waals surface area contributed by atoms with Gasteiger partial charge < -0.3 is 10.5 Å². The summed E-state index contributed by atoms with van der Waals surface area (Å²) < 4.78 is 30.5. The molecular formula is C16H18N2O4S. The van der Waals surface area contributed by atoms with Crippen molar-refractivity contribution in [2.45, 2.75) is 13.0 Å². The molecule has 0 aliphatic heterocycles. The lowest BCUT2D eigenvalue weighted by Crippen LogP contribution is -2.45. The lowest BCUT2D eigenvalue weighted by atomic mass is 10.2. The molecule has 122 valence electrons. The number of nitrogens with two attached hydrogens (primary N) is 1. The smallest absolute Gasteiger partial charge is 0.241 e. The van der Waals surface area contributed by atoms with E-state index in [9.17, 15) is 13.2 Å². The van der Waals surface area contributed by atoms with Crippen LogP contribution in [0.1, 0.15) is 6.92 Å². The molecule has 0 aliphatic rings. The number of hydrogen-bond acceptors (Lipinski definition) is 4. The van der Waals surface area contributed by atoms with E-state index >= 15 is 0 Å². The van der Waals surface area contributed by atoms with Gasteiger partial charge in [0.05, 0.1) is 11.9 Å². The fourth-order valence-corrected chi connectivity index (χ4v) is 3.29. The van der Waals surface area contributed by atoms with E-state index in [-0.39, 0.29) is 0 Å². The van der Waals surface area contributed by atoms with Crippen LogP contribution in [0.5, 0.6) is 11.5 Å². The van der Waals surface area contributed by atoms with Crippen molar-refractivity contribution in [2.24, 2.45) is 5.73 Å². The summed E-state index contributed by atoms with van der Waals surface area (Å²) >= 11 is 0. The number of amides is 1. The molecule has 0 radical (unpaired) electrons. The van der Waals surface area contributed by atoms with Gasteiger partial charge in [-0.3, -0.25) is 9.10 Å². The summed E-state index contributed by atoms with van der Waals surface area (Å²) in [6.45, 7) is 1.44. The van der Waals surface area contributed by atoms with Crippen molar-refractivity contribution in [3.63, 3.8) is 0 Å². The Morgan fingerprint density at radius 3 is 2.04 bits per heavy atom. The molecule has 1 atom stereocenters. The molecule has 6 nitrogen and oxygen atoms in total. The number of carbonyl (C=O) groups excluding carboxylic acids is 1. The third-order valence-corrected chi connectivity index (χ3v) is 4.43. The molecular weight excluding hydrogens is 316 g/mol. The number of carbonyl (C=O) groups is 1. The second kappa shape index (κ2) is 6.70. The summed E-state index contributed by atoms with van der Waals surface area (Å²) in [6.07, 6.45) is 1.03. The standard InChI is InChI=1S/C16H18N2O4S/c1-12(16(17)19)18(23(2,20)21)13-8-10-15(11-9-13)22-14-6-4-3-5-7-14/h3-12H,1-2H3,(H2,17,19).